The summed E-state index contributed by atoms with van der Waals surface area (Å²) in [6.07, 6.45) is 0. The normalized spacial score (nSPS) is 12.7. The number of phenolic OH excluding ortho intramolecular Hbond substituents is 1. The van der Waals surface area contributed by atoms with E-state index in [-0.39, 0.29) is 10.8 Å². The van der Waals surface area contributed by atoms with Gasteiger partial charge in [-0.15, -0.1) is 5.11 Å². The fourth-order valence-electron chi connectivity index (χ4n) is 2.50. The van der Waals surface area contributed by atoms with Gasteiger partial charge in [0.05, 0.1) is 10.6 Å². The molecule has 11 heteroatoms. The van der Waals surface area contributed by atoms with Crippen molar-refractivity contribution in [2.45, 2.75) is 16.7 Å². The van der Waals surface area contributed by atoms with Crippen LogP contribution in [-0.4, -0.2) is 31.0 Å². The van der Waals surface area contributed by atoms with Crippen LogP contribution < -0.4 is 0 Å². The second-order valence-corrected chi connectivity index (χ2v) is 8.75. The molecular weight excluding hydrogens is 408 g/mol. The van der Waals surface area contributed by atoms with E-state index < -0.39 is 41.5 Å². The molecule has 0 fully saturated rings. The lowest BCUT2D eigenvalue weighted by Gasteiger charge is -2.09. The molecule has 0 saturated carbocycles. The van der Waals surface area contributed by atoms with Gasteiger partial charge >= 0.3 is 0 Å². The number of fused-ring (bicyclic) bond motifs is 1. The molecule has 0 aliphatic rings. The summed E-state index contributed by atoms with van der Waals surface area (Å²) < 4.78 is 64.7. The average Bonchev–Trinajstić information content (AvgIpc) is 2.60. The lowest BCUT2D eigenvalue weighted by molar-refractivity contribution is 0.472. The number of azo groups is 1. The van der Waals surface area contributed by atoms with Gasteiger partial charge in [-0.1, -0.05) is 17.7 Å². The predicted molar refractivity (Wildman–Crippen MR) is 101 cm³/mol. The molecule has 0 spiro atoms. The van der Waals surface area contributed by atoms with Crippen molar-refractivity contribution in [3.63, 3.8) is 0 Å². The Kier molecular flexibility index (Phi) is 4.93. The van der Waals surface area contributed by atoms with Crippen LogP contribution in [0.4, 0.5) is 11.4 Å². The van der Waals surface area contributed by atoms with Crippen LogP contribution in [0.15, 0.2) is 68.6 Å². The molecule has 146 valence electrons. The van der Waals surface area contributed by atoms with Crippen molar-refractivity contribution >= 4 is 42.4 Å². The quantitative estimate of drug-likeness (QED) is 0.427. The van der Waals surface area contributed by atoms with Gasteiger partial charge in [-0.05, 0) is 48.7 Å². The molecule has 3 rings (SSSR count). The molecule has 3 N–H and O–H groups in total. The lowest BCUT2D eigenvalue weighted by Crippen LogP contribution is -2.00. The highest BCUT2D eigenvalue weighted by atomic mass is 32.2. The third-order valence-corrected chi connectivity index (χ3v) is 5.61. The van der Waals surface area contributed by atoms with E-state index in [0.29, 0.717) is 5.69 Å². The summed E-state index contributed by atoms with van der Waals surface area (Å²) in [5.74, 6) is -0.622. The van der Waals surface area contributed by atoms with Crippen molar-refractivity contribution in [1.29, 1.82) is 0 Å². The van der Waals surface area contributed by atoms with Gasteiger partial charge in [0.1, 0.15) is 10.6 Å². The van der Waals surface area contributed by atoms with Crippen LogP contribution in [-0.2, 0) is 20.2 Å². The Morgan fingerprint density at radius 1 is 0.821 bits per heavy atom. The van der Waals surface area contributed by atoms with E-state index in [9.17, 15) is 26.5 Å². The van der Waals surface area contributed by atoms with Gasteiger partial charge in [0, 0.05) is 5.39 Å². The van der Waals surface area contributed by atoms with Crippen molar-refractivity contribution in [3.8, 4) is 5.75 Å². The SMILES string of the molecule is Cc1ccc(N=Nc2c(S(=O)(=O)O)cc3cc(S(=O)(=O)O)ccc3c2O)cc1. The molecule has 0 atom stereocenters. The maximum atomic E-state index is 11.8. The molecule has 3 aromatic rings. The van der Waals surface area contributed by atoms with E-state index in [1.807, 2.05) is 6.92 Å². The molecule has 0 radical (unpaired) electrons. The second kappa shape index (κ2) is 6.95. The Morgan fingerprint density at radius 2 is 1.46 bits per heavy atom. The van der Waals surface area contributed by atoms with Crippen molar-refractivity contribution in [1.82, 2.24) is 0 Å². The number of aromatic hydroxyl groups is 1. The standard InChI is InChI=1S/C17H14N2O7S2/c1-10-2-4-12(5-3-10)18-19-16-15(28(24,25)26)9-11-8-13(27(21,22)23)6-7-14(11)17(16)20/h2-9,20H,1H3,(H,21,22,23)(H,24,25,26). The number of hydrogen-bond acceptors (Lipinski definition) is 7. The van der Waals surface area contributed by atoms with Crippen LogP contribution >= 0.6 is 0 Å². The monoisotopic (exact) mass is 422 g/mol. The van der Waals surface area contributed by atoms with E-state index in [2.05, 4.69) is 10.2 Å². The summed E-state index contributed by atoms with van der Waals surface area (Å²) >= 11 is 0. The Morgan fingerprint density at radius 3 is 2.04 bits per heavy atom. The maximum absolute atomic E-state index is 11.8. The lowest BCUT2D eigenvalue weighted by atomic mass is 10.1. The molecule has 0 unspecified atom stereocenters. The first-order chi connectivity index (χ1) is 13.0. The molecule has 0 aromatic heterocycles. The largest absolute Gasteiger partial charge is 0.505 e. The van der Waals surface area contributed by atoms with Gasteiger partial charge in [0.25, 0.3) is 20.2 Å². The minimum atomic E-state index is -4.83. The smallest absolute Gasteiger partial charge is 0.296 e. The van der Waals surface area contributed by atoms with Gasteiger partial charge in [0.15, 0.2) is 5.75 Å². The Labute approximate surface area is 160 Å². The van der Waals surface area contributed by atoms with Crippen LogP contribution in [0.5, 0.6) is 5.75 Å². The zero-order valence-electron chi connectivity index (χ0n) is 14.3. The first kappa shape index (κ1) is 19.9. The van der Waals surface area contributed by atoms with Crippen molar-refractivity contribution < 1.29 is 31.0 Å². The Bertz CT molecular complexity index is 1310. The van der Waals surface area contributed by atoms with E-state index in [0.717, 1.165) is 23.8 Å². The second-order valence-electron chi connectivity index (χ2n) is 5.94. The Hall–Kier alpha value is -2.86. The number of rotatable bonds is 4. The molecule has 0 aliphatic carbocycles. The zero-order valence-corrected chi connectivity index (χ0v) is 15.9. The Balaban J connectivity index is 2.26. The van der Waals surface area contributed by atoms with Gasteiger partial charge in [0.2, 0.25) is 0 Å². The van der Waals surface area contributed by atoms with Gasteiger partial charge in [-0.2, -0.15) is 21.9 Å². The highest BCUT2D eigenvalue weighted by molar-refractivity contribution is 7.86. The molecular formula is C17H14N2O7S2. The summed E-state index contributed by atoms with van der Waals surface area (Å²) in [6, 6.07) is 10.9. The minimum Gasteiger partial charge on any atom is -0.505 e. The fraction of sp³-hybridized carbons (Fsp3) is 0.0588. The average molecular weight is 422 g/mol. The molecule has 9 nitrogen and oxygen atoms in total. The summed E-state index contributed by atoms with van der Waals surface area (Å²) in [7, 11) is -9.38. The first-order valence-electron chi connectivity index (χ1n) is 7.70. The number of benzene rings is 3. The summed E-state index contributed by atoms with van der Waals surface area (Å²) in [4.78, 5) is -1.27. The highest BCUT2D eigenvalue weighted by Gasteiger charge is 2.23. The van der Waals surface area contributed by atoms with Gasteiger partial charge in [-0.3, -0.25) is 9.11 Å². The minimum absolute atomic E-state index is 0.0467. The summed E-state index contributed by atoms with van der Waals surface area (Å²) in [6.45, 7) is 1.87. The fourth-order valence-corrected chi connectivity index (χ4v) is 3.68. The summed E-state index contributed by atoms with van der Waals surface area (Å²) in [5, 5.41) is 18.1. The molecule has 0 saturated heterocycles. The van der Waals surface area contributed by atoms with E-state index in [1.165, 1.54) is 6.07 Å². The molecule has 0 amide bonds. The molecule has 0 bridgehead atoms. The highest BCUT2D eigenvalue weighted by Crippen LogP contribution is 2.41. The van der Waals surface area contributed by atoms with Crippen LogP contribution in [0.1, 0.15) is 5.56 Å². The molecule has 3 aromatic carbocycles. The van der Waals surface area contributed by atoms with Crippen molar-refractivity contribution in [2.24, 2.45) is 10.2 Å². The number of aryl methyl sites for hydroxylation is 1. The molecule has 28 heavy (non-hydrogen) atoms. The van der Waals surface area contributed by atoms with Gasteiger partial charge in [-0.25, -0.2) is 0 Å². The third-order valence-electron chi connectivity index (χ3n) is 3.90. The van der Waals surface area contributed by atoms with Crippen molar-refractivity contribution in [3.05, 3.63) is 54.1 Å². The van der Waals surface area contributed by atoms with Crippen LogP contribution in [0, 0.1) is 6.92 Å². The molecule has 0 aliphatic heterocycles. The predicted octanol–water partition coefficient (Wildman–Crippen LogP) is 3.76. The number of nitrogens with zero attached hydrogens (tertiary/aromatic N) is 2. The molecule has 0 heterocycles. The number of phenols is 1. The van der Waals surface area contributed by atoms with E-state index >= 15 is 0 Å². The van der Waals surface area contributed by atoms with Crippen LogP contribution in [0.3, 0.4) is 0 Å². The van der Waals surface area contributed by atoms with E-state index in [1.54, 1.807) is 24.3 Å². The first-order valence-corrected chi connectivity index (χ1v) is 10.6. The third kappa shape index (κ3) is 4.02. The maximum Gasteiger partial charge on any atom is 0.296 e. The topological polar surface area (TPSA) is 154 Å². The van der Waals surface area contributed by atoms with Crippen LogP contribution in [0.2, 0.25) is 0 Å². The van der Waals surface area contributed by atoms with Crippen LogP contribution in [0.25, 0.3) is 10.8 Å². The van der Waals surface area contributed by atoms with E-state index in [4.69, 9.17) is 4.55 Å². The van der Waals surface area contributed by atoms with Gasteiger partial charge < -0.3 is 5.11 Å². The number of hydrogen-bond donors (Lipinski definition) is 3. The zero-order chi connectivity index (χ0) is 20.7. The summed E-state index contributed by atoms with van der Waals surface area (Å²) in [5.41, 5.74) is 0.851. The van der Waals surface area contributed by atoms with Crippen molar-refractivity contribution in [2.75, 3.05) is 0 Å².